The lowest BCUT2D eigenvalue weighted by atomic mass is 9.76. The van der Waals surface area contributed by atoms with E-state index in [0.717, 1.165) is 18.4 Å². The number of alkyl halides is 2. The molecule has 1 aromatic heterocycles. The third-order valence-electron chi connectivity index (χ3n) is 6.70. The van der Waals surface area contributed by atoms with Crippen molar-refractivity contribution in [3.63, 3.8) is 0 Å². The molecule has 7 nitrogen and oxygen atoms in total. The maximum atomic E-state index is 13.3. The molecule has 11 heteroatoms. The van der Waals surface area contributed by atoms with Gasteiger partial charge >= 0.3 is 6.61 Å². The molecule has 206 valence electrons. The molecule has 1 fully saturated rings. The van der Waals surface area contributed by atoms with E-state index in [0.29, 0.717) is 36.6 Å². The van der Waals surface area contributed by atoms with Gasteiger partial charge in [0.2, 0.25) is 0 Å². The molecule has 2 aromatic rings. The molecule has 1 amide bonds. The minimum absolute atomic E-state index is 0.00765. The number of carbonyl (C=O) groups is 1. The van der Waals surface area contributed by atoms with Crippen LogP contribution in [0.4, 0.5) is 8.78 Å². The summed E-state index contributed by atoms with van der Waals surface area (Å²) in [5.41, 5.74) is 0.235. The standard InChI is InChI=1S/C26H36BrClF2N4O3/c1-6-34-22(17-8-7-16(13-25(3,4)5)12-18(17)37-24(29)30)20(28)21(33-34)23(35)31-14-26(36)10-9-15(2)11-19(26)32-27/h7-8,12,15,19,24,32,36H,6,9-11,13-14H2,1-5H3,(H,31,35)/t15-,19?,26-/m0/s1. The SMILES string of the molecule is CCn1nc(C(=O)NC[C@@]2(O)CC[C@H](C)CC2NBr)c(Cl)c1-c1ccc(CC(C)(C)C)cc1OC(F)F. The van der Waals surface area contributed by atoms with E-state index in [4.69, 9.17) is 16.3 Å². The molecule has 1 unspecified atom stereocenters. The number of rotatable bonds is 9. The number of halogens is 4. The molecule has 0 spiro atoms. The summed E-state index contributed by atoms with van der Waals surface area (Å²) >= 11 is 9.90. The van der Waals surface area contributed by atoms with E-state index in [1.54, 1.807) is 12.1 Å². The van der Waals surface area contributed by atoms with Crippen molar-refractivity contribution in [1.29, 1.82) is 0 Å². The van der Waals surface area contributed by atoms with Crippen LogP contribution in [0.5, 0.6) is 5.75 Å². The van der Waals surface area contributed by atoms with Gasteiger partial charge in [-0.3, -0.25) is 9.48 Å². The third kappa shape index (κ3) is 7.22. The van der Waals surface area contributed by atoms with Crippen LogP contribution in [0.2, 0.25) is 5.02 Å². The Balaban J connectivity index is 1.92. The number of aryl methyl sites for hydroxylation is 1. The molecule has 3 atom stereocenters. The number of aliphatic hydroxyl groups is 1. The highest BCUT2D eigenvalue weighted by atomic mass is 79.9. The van der Waals surface area contributed by atoms with Crippen molar-refractivity contribution in [3.8, 4) is 17.0 Å². The van der Waals surface area contributed by atoms with Crippen LogP contribution in [0.1, 0.15) is 69.9 Å². The number of hydrogen-bond donors (Lipinski definition) is 3. The zero-order chi connectivity index (χ0) is 27.5. The van der Waals surface area contributed by atoms with E-state index in [1.807, 2.05) is 13.0 Å². The van der Waals surface area contributed by atoms with Crippen LogP contribution in [0.15, 0.2) is 18.2 Å². The summed E-state index contributed by atoms with van der Waals surface area (Å²) in [6, 6.07) is 4.86. The molecule has 37 heavy (non-hydrogen) atoms. The van der Waals surface area contributed by atoms with Crippen molar-refractivity contribution >= 4 is 33.7 Å². The molecule has 1 aliphatic rings. The maximum Gasteiger partial charge on any atom is 0.387 e. The fraction of sp³-hybridized carbons (Fsp3) is 0.615. The largest absolute Gasteiger partial charge is 0.434 e. The molecule has 1 heterocycles. The molecular weight excluding hydrogens is 570 g/mol. The van der Waals surface area contributed by atoms with Gasteiger partial charge in [-0.25, -0.2) is 4.34 Å². The van der Waals surface area contributed by atoms with Crippen LogP contribution in [-0.2, 0) is 13.0 Å². The van der Waals surface area contributed by atoms with Crippen molar-refractivity contribution in [2.45, 2.75) is 85.1 Å². The number of nitrogens with one attached hydrogen (secondary N) is 2. The molecule has 1 aromatic carbocycles. The summed E-state index contributed by atoms with van der Waals surface area (Å²) in [5, 5.41) is 18.3. The summed E-state index contributed by atoms with van der Waals surface area (Å²) in [4.78, 5) is 13.1. The number of aromatic nitrogens is 2. The Morgan fingerprint density at radius 1 is 1.41 bits per heavy atom. The summed E-state index contributed by atoms with van der Waals surface area (Å²) in [6.07, 6.45) is 2.78. The van der Waals surface area contributed by atoms with Crippen LogP contribution in [0.25, 0.3) is 11.3 Å². The first-order valence-electron chi connectivity index (χ1n) is 12.5. The van der Waals surface area contributed by atoms with Crippen LogP contribution in [0.3, 0.4) is 0 Å². The summed E-state index contributed by atoms with van der Waals surface area (Å²) in [6.45, 7) is 7.43. The van der Waals surface area contributed by atoms with Gasteiger partial charge in [0.1, 0.15) is 5.75 Å². The highest BCUT2D eigenvalue weighted by molar-refractivity contribution is 9.08. The van der Waals surface area contributed by atoms with Crippen molar-refractivity contribution in [1.82, 2.24) is 19.4 Å². The van der Waals surface area contributed by atoms with Crippen molar-refractivity contribution in [2.24, 2.45) is 11.3 Å². The molecule has 3 rings (SSSR count). The number of carbonyl (C=O) groups excluding carboxylic acids is 1. The van der Waals surface area contributed by atoms with E-state index >= 15 is 0 Å². The molecule has 0 radical (unpaired) electrons. The van der Waals surface area contributed by atoms with Gasteiger partial charge in [0.25, 0.3) is 5.91 Å². The number of amides is 1. The zero-order valence-electron chi connectivity index (χ0n) is 21.9. The Hall–Kier alpha value is -1.75. The predicted molar refractivity (Wildman–Crippen MR) is 144 cm³/mol. The molecule has 1 aliphatic carbocycles. The normalized spacial score (nSPS) is 22.4. The van der Waals surface area contributed by atoms with Gasteiger partial charge < -0.3 is 15.2 Å². The first-order chi connectivity index (χ1) is 17.3. The fourth-order valence-corrected chi connectivity index (χ4v) is 5.77. The number of benzene rings is 1. The lowest BCUT2D eigenvalue weighted by Gasteiger charge is -2.41. The quantitative estimate of drug-likeness (QED) is 0.307. The van der Waals surface area contributed by atoms with Gasteiger partial charge in [0, 0.05) is 40.8 Å². The van der Waals surface area contributed by atoms with Crippen molar-refractivity contribution in [3.05, 3.63) is 34.5 Å². The second-order valence-corrected chi connectivity index (χ2v) is 11.9. The second-order valence-electron chi connectivity index (χ2n) is 11.1. The summed E-state index contributed by atoms with van der Waals surface area (Å²) in [7, 11) is 0. The van der Waals surface area contributed by atoms with E-state index in [1.165, 1.54) is 4.68 Å². The Morgan fingerprint density at radius 2 is 2.11 bits per heavy atom. The van der Waals surface area contributed by atoms with Gasteiger partial charge in [-0.2, -0.15) is 13.9 Å². The molecular formula is C26H36BrClF2N4O3. The fourth-order valence-electron chi connectivity index (χ4n) is 4.83. The number of ether oxygens (including phenoxy) is 1. The topological polar surface area (TPSA) is 88.4 Å². The molecule has 3 N–H and O–H groups in total. The Labute approximate surface area is 230 Å². The highest BCUT2D eigenvalue weighted by Crippen LogP contribution is 2.39. The smallest absolute Gasteiger partial charge is 0.387 e. The molecule has 1 saturated carbocycles. The second kappa shape index (κ2) is 12.0. The van der Waals surface area contributed by atoms with Gasteiger partial charge in [-0.15, -0.1) is 0 Å². The van der Waals surface area contributed by atoms with Gasteiger partial charge in [0.05, 0.1) is 16.3 Å². The van der Waals surface area contributed by atoms with Crippen LogP contribution >= 0.6 is 27.7 Å². The minimum Gasteiger partial charge on any atom is -0.434 e. The zero-order valence-corrected chi connectivity index (χ0v) is 24.2. The third-order valence-corrected chi connectivity index (χ3v) is 7.62. The van der Waals surface area contributed by atoms with Crippen molar-refractivity contribution < 1.29 is 23.4 Å². The average Bonchev–Trinajstić information content (AvgIpc) is 3.14. The average molecular weight is 606 g/mol. The highest BCUT2D eigenvalue weighted by Gasteiger charge is 2.41. The Bertz CT molecular complexity index is 1110. The van der Waals surface area contributed by atoms with Crippen LogP contribution < -0.4 is 14.4 Å². The van der Waals surface area contributed by atoms with Gasteiger partial charge in [0.15, 0.2) is 5.69 Å². The van der Waals surface area contributed by atoms with E-state index in [-0.39, 0.29) is 34.5 Å². The molecule has 0 aliphatic heterocycles. The van der Waals surface area contributed by atoms with E-state index < -0.39 is 18.1 Å². The van der Waals surface area contributed by atoms with Crippen LogP contribution in [0, 0.1) is 11.3 Å². The van der Waals surface area contributed by atoms with E-state index in [2.05, 4.69) is 58.6 Å². The van der Waals surface area contributed by atoms with Gasteiger partial charge in [-0.05, 0) is 61.6 Å². The predicted octanol–water partition coefficient (Wildman–Crippen LogP) is 5.96. The summed E-state index contributed by atoms with van der Waals surface area (Å²) in [5.74, 6) is -0.140. The Kier molecular flexibility index (Phi) is 9.64. The van der Waals surface area contributed by atoms with Gasteiger partial charge in [-0.1, -0.05) is 45.4 Å². The van der Waals surface area contributed by atoms with Crippen LogP contribution in [-0.4, -0.2) is 45.6 Å². The number of hydrogen-bond acceptors (Lipinski definition) is 5. The number of nitrogens with zero attached hydrogens (tertiary/aromatic N) is 2. The summed E-state index contributed by atoms with van der Waals surface area (Å²) < 4.78 is 36.0. The first-order valence-corrected chi connectivity index (χ1v) is 13.7. The molecule has 0 saturated heterocycles. The maximum absolute atomic E-state index is 13.3. The Morgan fingerprint density at radius 3 is 2.70 bits per heavy atom. The first kappa shape index (κ1) is 29.8. The molecule has 0 bridgehead atoms. The van der Waals surface area contributed by atoms with E-state index in [9.17, 15) is 18.7 Å². The minimum atomic E-state index is -3.03. The van der Waals surface area contributed by atoms with Crippen molar-refractivity contribution in [2.75, 3.05) is 6.54 Å². The lowest BCUT2D eigenvalue weighted by Crippen LogP contribution is -2.57. The monoisotopic (exact) mass is 604 g/mol. The lowest BCUT2D eigenvalue weighted by molar-refractivity contribution is -0.0495.